The lowest BCUT2D eigenvalue weighted by Crippen LogP contribution is -2.34. The molecule has 1 N–H and O–H groups in total. The standard InChI is InChI=1S/C15H16N4OS2/c1-9(2)17-15(20)19-11(6-7-16-19)13-10(3)18-14(22-13)12-5-4-8-21-12/h4-9H,1-3H3,(H,17,20). The highest BCUT2D eigenvalue weighted by molar-refractivity contribution is 7.23. The summed E-state index contributed by atoms with van der Waals surface area (Å²) in [5.74, 6) is 0. The number of thiophene rings is 1. The minimum atomic E-state index is -0.222. The second-order valence-corrected chi connectivity index (χ2v) is 7.09. The van der Waals surface area contributed by atoms with Gasteiger partial charge >= 0.3 is 6.03 Å². The molecule has 22 heavy (non-hydrogen) atoms. The first-order valence-corrected chi connectivity index (χ1v) is 8.62. The number of hydrogen-bond acceptors (Lipinski definition) is 5. The fourth-order valence-corrected chi connectivity index (χ4v) is 3.96. The van der Waals surface area contributed by atoms with Crippen LogP contribution in [0.5, 0.6) is 0 Å². The van der Waals surface area contributed by atoms with Crippen LogP contribution in [0.25, 0.3) is 20.5 Å². The first-order chi connectivity index (χ1) is 10.6. The van der Waals surface area contributed by atoms with Gasteiger partial charge in [-0.05, 0) is 38.3 Å². The quantitative estimate of drug-likeness (QED) is 0.788. The zero-order valence-corrected chi connectivity index (χ0v) is 14.2. The molecule has 3 heterocycles. The van der Waals surface area contributed by atoms with Gasteiger partial charge in [-0.1, -0.05) is 6.07 Å². The van der Waals surface area contributed by atoms with Gasteiger partial charge in [-0.25, -0.2) is 9.78 Å². The maximum atomic E-state index is 12.2. The lowest BCUT2D eigenvalue weighted by Gasteiger charge is -2.10. The van der Waals surface area contributed by atoms with Crippen LogP contribution in [0.4, 0.5) is 4.79 Å². The number of carbonyl (C=O) groups is 1. The number of hydrogen-bond donors (Lipinski definition) is 1. The van der Waals surface area contributed by atoms with Gasteiger partial charge in [0.05, 0.1) is 27.3 Å². The number of aryl methyl sites for hydroxylation is 1. The molecule has 0 saturated carbocycles. The molecule has 5 nitrogen and oxygen atoms in total. The maximum absolute atomic E-state index is 12.2. The Balaban J connectivity index is 1.99. The van der Waals surface area contributed by atoms with Crippen LogP contribution in [0.2, 0.25) is 0 Å². The van der Waals surface area contributed by atoms with E-state index in [0.29, 0.717) is 0 Å². The SMILES string of the molecule is Cc1nc(-c2cccs2)sc1-c1ccnn1C(=O)NC(C)C. The Bertz CT molecular complexity index is 786. The molecule has 0 aliphatic rings. The van der Waals surface area contributed by atoms with Crippen molar-refractivity contribution in [3.05, 3.63) is 35.5 Å². The van der Waals surface area contributed by atoms with Crippen molar-refractivity contribution in [2.24, 2.45) is 0 Å². The minimum Gasteiger partial charge on any atom is -0.334 e. The first-order valence-electron chi connectivity index (χ1n) is 6.93. The van der Waals surface area contributed by atoms with Gasteiger partial charge in [-0.15, -0.1) is 22.7 Å². The van der Waals surface area contributed by atoms with Crippen molar-refractivity contribution in [3.63, 3.8) is 0 Å². The summed E-state index contributed by atoms with van der Waals surface area (Å²) in [6, 6.07) is 5.75. The number of aromatic nitrogens is 3. The Hall–Kier alpha value is -1.99. The number of nitrogens with zero attached hydrogens (tertiary/aromatic N) is 3. The Morgan fingerprint density at radius 3 is 2.86 bits per heavy atom. The number of amides is 1. The fourth-order valence-electron chi connectivity index (χ4n) is 2.08. The Morgan fingerprint density at radius 1 is 1.36 bits per heavy atom. The summed E-state index contributed by atoms with van der Waals surface area (Å²) in [7, 11) is 0. The molecule has 0 spiro atoms. The van der Waals surface area contributed by atoms with Gasteiger partial charge in [-0.3, -0.25) is 0 Å². The lowest BCUT2D eigenvalue weighted by molar-refractivity contribution is 0.237. The zero-order chi connectivity index (χ0) is 15.7. The molecule has 0 aromatic carbocycles. The van der Waals surface area contributed by atoms with Crippen LogP contribution in [0.1, 0.15) is 19.5 Å². The largest absolute Gasteiger partial charge is 0.342 e. The van der Waals surface area contributed by atoms with Crippen LogP contribution in [0.15, 0.2) is 29.8 Å². The van der Waals surface area contributed by atoms with E-state index in [0.717, 1.165) is 26.1 Å². The summed E-state index contributed by atoms with van der Waals surface area (Å²) in [6.07, 6.45) is 1.64. The van der Waals surface area contributed by atoms with E-state index in [9.17, 15) is 4.79 Å². The number of thiazole rings is 1. The molecule has 114 valence electrons. The summed E-state index contributed by atoms with van der Waals surface area (Å²) in [5, 5.41) is 10.0. The third-order valence-electron chi connectivity index (χ3n) is 3.01. The van der Waals surface area contributed by atoms with Crippen LogP contribution in [-0.2, 0) is 0 Å². The van der Waals surface area contributed by atoms with Crippen LogP contribution in [0, 0.1) is 6.92 Å². The highest BCUT2D eigenvalue weighted by Gasteiger charge is 2.18. The normalized spacial score (nSPS) is 11.1. The Kier molecular flexibility index (Phi) is 4.08. The molecule has 0 bridgehead atoms. The monoisotopic (exact) mass is 332 g/mol. The van der Waals surface area contributed by atoms with E-state index in [1.54, 1.807) is 28.9 Å². The first kappa shape index (κ1) is 14.9. The van der Waals surface area contributed by atoms with Gasteiger partial charge in [0.2, 0.25) is 0 Å². The van der Waals surface area contributed by atoms with Crippen LogP contribution in [-0.4, -0.2) is 26.8 Å². The van der Waals surface area contributed by atoms with Crippen LogP contribution in [0.3, 0.4) is 0 Å². The Morgan fingerprint density at radius 2 is 2.18 bits per heavy atom. The van der Waals surface area contributed by atoms with Crippen molar-refractivity contribution in [1.82, 2.24) is 20.1 Å². The summed E-state index contributed by atoms with van der Waals surface area (Å²) >= 11 is 3.24. The molecular weight excluding hydrogens is 316 g/mol. The summed E-state index contributed by atoms with van der Waals surface area (Å²) in [5.41, 5.74) is 1.68. The van der Waals surface area contributed by atoms with Crippen molar-refractivity contribution >= 4 is 28.7 Å². The van der Waals surface area contributed by atoms with Crippen molar-refractivity contribution in [2.75, 3.05) is 0 Å². The van der Waals surface area contributed by atoms with E-state index in [4.69, 9.17) is 0 Å². The molecule has 1 amide bonds. The van der Waals surface area contributed by atoms with E-state index >= 15 is 0 Å². The van der Waals surface area contributed by atoms with Gasteiger partial charge in [-0.2, -0.15) is 9.78 Å². The Labute approximate surface area is 136 Å². The molecule has 0 saturated heterocycles. The van der Waals surface area contributed by atoms with Gasteiger partial charge in [0.15, 0.2) is 0 Å². The van der Waals surface area contributed by atoms with Crippen LogP contribution >= 0.6 is 22.7 Å². The van der Waals surface area contributed by atoms with Gasteiger partial charge in [0, 0.05) is 6.04 Å². The second-order valence-electron chi connectivity index (χ2n) is 5.14. The molecule has 0 aliphatic heterocycles. The number of carbonyl (C=O) groups excluding carboxylic acids is 1. The van der Waals surface area contributed by atoms with E-state index in [-0.39, 0.29) is 12.1 Å². The highest BCUT2D eigenvalue weighted by atomic mass is 32.1. The van der Waals surface area contributed by atoms with Crippen molar-refractivity contribution < 1.29 is 4.79 Å². The predicted molar refractivity (Wildman–Crippen MR) is 90.5 cm³/mol. The molecule has 3 aromatic rings. The molecule has 0 fully saturated rings. The van der Waals surface area contributed by atoms with E-state index < -0.39 is 0 Å². The summed E-state index contributed by atoms with van der Waals surface area (Å²) in [4.78, 5) is 19.0. The predicted octanol–water partition coefficient (Wildman–Crippen LogP) is 4.01. The van der Waals surface area contributed by atoms with Gasteiger partial charge < -0.3 is 5.32 Å². The van der Waals surface area contributed by atoms with Crippen LogP contribution < -0.4 is 5.32 Å². The van der Waals surface area contributed by atoms with E-state index in [1.807, 2.05) is 38.3 Å². The van der Waals surface area contributed by atoms with Crippen molar-refractivity contribution in [2.45, 2.75) is 26.8 Å². The second kappa shape index (κ2) is 6.02. The lowest BCUT2D eigenvalue weighted by atomic mass is 10.3. The topological polar surface area (TPSA) is 59.8 Å². The maximum Gasteiger partial charge on any atom is 0.342 e. The zero-order valence-electron chi connectivity index (χ0n) is 12.5. The molecule has 3 rings (SSSR count). The molecule has 0 atom stereocenters. The smallest absolute Gasteiger partial charge is 0.334 e. The summed E-state index contributed by atoms with van der Waals surface area (Å²) in [6.45, 7) is 5.81. The average molecular weight is 332 g/mol. The fraction of sp³-hybridized carbons (Fsp3) is 0.267. The number of nitrogens with one attached hydrogen (secondary N) is 1. The molecule has 3 aromatic heterocycles. The average Bonchev–Trinajstić information content (AvgIpc) is 3.17. The molecule has 0 unspecified atom stereocenters. The van der Waals surface area contributed by atoms with Gasteiger partial charge in [0.25, 0.3) is 0 Å². The molecule has 0 radical (unpaired) electrons. The third-order valence-corrected chi connectivity index (χ3v) is 5.23. The molecule has 0 aliphatic carbocycles. The van der Waals surface area contributed by atoms with Crippen molar-refractivity contribution in [1.29, 1.82) is 0 Å². The highest BCUT2D eigenvalue weighted by Crippen LogP contribution is 2.36. The number of rotatable bonds is 3. The van der Waals surface area contributed by atoms with E-state index in [2.05, 4.69) is 21.5 Å². The van der Waals surface area contributed by atoms with Gasteiger partial charge in [0.1, 0.15) is 5.01 Å². The molecular formula is C15H16N4OS2. The third kappa shape index (κ3) is 2.82. The summed E-state index contributed by atoms with van der Waals surface area (Å²) < 4.78 is 1.40. The van der Waals surface area contributed by atoms with Crippen molar-refractivity contribution in [3.8, 4) is 20.5 Å². The molecule has 7 heteroatoms. The minimum absolute atomic E-state index is 0.0637. The van der Waals surface area contributed by atoms with E-state index in [1.165, 1.54) is 4.68 Å².